The zero-order valence-corrected chi connectivity index (χ0v) is 20.3. The summed E-state index contributed by atoms with van der Waals surface area (Å²) in [4.78, 5) is 25.2. The van der Waals surface area contributed by atoms with Gasteiger partial charge in [-0.1, -0.05) is 38.0 Å². The van der Waals surface area contributed by atoms with E-state index in [0.29, 0.717) is 16.7 Å². The van der Waals surface area contributed by atoms with E-state index < -0.39 is 34.3 Å². The largest absolute Gasteiger partial charge is 0.508 e. The Morgan fingerprint density at radius 1 is 1.15 bits per heavy atom. The van der Waals surface area contributed by atoms with E-state index in [9.17, 15) is 23.1 Å². The topological polar surface area (TPSA) is 113 Å². The minimum Gasteiger partial charge on any atom is -0.508 e. The third-order valence-corrected chi connectivity index (χ3v) is 6.91. The number of hydrogen-bond acceptors (Lipinski definition) is 6. The number of carbonyl (C=O) groups is 2. The third kappa shape index (κ3) is 6.95. The Bertz CT molecular complexity index is 1070. The molecule has 33 heavy (non-hydrogen) atoms. The average molecular weight is 477 g/mol. The van der Waals surface area contributed by atoms with E-state index in [2.05, 4.69) is 12.2 Å². The van der Waals surface area contributed by atoms with Gasteiger partial charge >= 0.3 is 0 Å². The van der Waals surface area contributed by atoms with E-state index in [4.69, 9.17) is 4.74 Å². The third-order valence-electron chi connectivity index (χ3n) is 5.16. The summed E-state index contributed by atoms with van der Waals surface area (Å²) in [5, 5.41) is 11.8. The Hall–Kier alpha value is -3.07. The molecular weight excluding hydrogens is 444 g/mol. The maximum absolute atomic E-state index is 13.3. The Labute approximate surface area is 195 Å². The van der Waals surface area contributed by atoms with Crippen molar-refractivity contribution in [1.82, 2.24) is 9.62 Å². The normalized spacial score (nSPS) is 12.1. The molecule has 0 aliphatic carbocycles. The maximum Gasteiger partial charge on any atom is 0.266 e. The summed E-state index contributed by atoms with van der Waals surface area (Å²) < 4.78 is 32.9. The fourth-order valence-corrected chi connectivity index (χ4v) is 4.67. The molecule has 0 heterocycles. The lowest BCUT2D eigenvalue weighted by Crippen LogP contribution is -2.45. The molecule has 0 aliphatic heterocycles. The first-order valence-electron chi connectivity index (χ1n) is 10.9. The van der Waals surface area contributed by atoms with Gasteiger partial charge in [0.25, 0.3) is 10.0 Å². The molecule has 2 aromatic rings. The number of likely N-dealkylation sites (N-methyl/N-ethyl adjacent to an activating group) is 1. The summed E-state index contributed by atoms with van der Waals surface area (Å²) in [6.45, 7) is 5.53. The SMILES string of the molecule is CCCCOc1ccc(C)cc1CC(C)C(=O)N(CC(=O)NC)S(=O)(=O)c1ccc(O)cc1. The summed E-state index contributed by atoms with van der Waals surface area (Å²) in [6.07, 6.45) is 2.13. The first-order valence-corrected chi connectivity index (χ1v) is 12.3. The number of nitrogens with zero attached hydrogens (tertiary/aromatic N) is 1. The van der Waals surface area contributed by atoms with Crippen molar-refractivity contribution in [3.8, 4) is 11.5 Å². The van der Waals surface area contributed by atoms with E-state index in [1.54, 1.807) is 6.92 Å². The molecule has 1 unspecified atom stereocenters. The number of unbranched alkanes of at least 4 members (excludes halogenated alkanes) is 1. The lowest BCUT2D eigenvalue weighted by Gasteiger charge is -2.25. The Kier molecular flexibility index (Phi) is 9.28. The number of aromatic hydroxyl groups is 1. The van der Waals surface area contributed by atoms with Crippen LogP contribution in [-0.2, 0) is 26.0 Å². The fraction of sp³-hybridized carbons (Fsp3) is 0.417. The van der Waals surface area contributed by atoms with Gasteiger partial charge in [-0.3, -0.25) is 9.59 Å². The summed E-state index contributed by atoms with van der Waals surface area (Å²) in [6, 6.07) is 10.5. The minimum absolute atomic E-state index is 0.110. The van der Waals surface area contributed by atoms with Crippen LogP contribution in [0.5, 0.6) is 11.5 Å². The number of aryl methyl sites for hydroxylation is 1. The number of nitrogens with one attached hydrogen (secondary N) is 1. The average Bonchev–Trinajstić information content (AvgIpc) is 2.78. The molecule has 0 aromatic heterocycles. The number of amides is 2. The molecule has 2 aromatic carbocycles. The molecule has 0 fully saturated rings. The fourth-order valence-electron chi connectivity index (χ4n) is 3.23. The van der Waals surface area contributed by atoms with Crippen molar-refractivity contribution < 1.29 is 27.9 Å². The highest BCUT2D eigenvalue weighted by atomic mass is 32.2. The van der Waals surface area contributed by atoms with Gasteiger partial charge in [-0.2, -0.15) is 0 Å². The first-order chi connectivity index (χ1) is 15.6. The first kappa shape index (κ1) is 26.2. The second kappa shape index (κ2) is 11.7. The molecule has 0 aliphatic rings. The summed E-state index contributed by atoms with van der Waals surface area (Å²) in [7, 11) is -2.95. The van der Waals surface area contributed by atoms with E-state index >= 15 is 0 Å². The van der Waals surface area contributed by atoms with Gasteiger partial charge in [0.1, 0.15) is 18.0 Å². The molecule has 0 radical (unpaired) electrons. The lowest BCUT2D eigenvalue weighted by atomic mass is 9.98. The molecule has 0 saturated heterocycles. The monoisotopic (exact) mass is 476 g/mol. The lowest BCUT2D eigenvalue weighted by molar-refractivity contribution is -0.133. The van der Waals surface area contributed by atoms with Crippen LogP contribution in [0, 0.1) is 12.8 Å². The molecule has 0 spiro atoms. The zero-order valence-electron chi connectivity index (χ0n) is 19.5. The van der Waals surface area contributed by atoms with Gasteiger partial charge in [-0.05, 0) is 55.7 Å². The van der Waals surface area contributed by atoms with E-state index in [1.807, 2.05) is 25.1 Å². The van der Waals surface area contributed by atoms with Crippen LogP contribution in [0.2, 0.25) is 0 Å². The van der Waals surface area contributed by atoms with Crippen molar-refractivity contribution in [3.05, 3.63) is 53.6 Å². The Balaban J connectivity index is 2.34. The number of benzene rings is 2. The summed E-state index contributed by atoms with van der Waals surface area (Å²) in [5.74, 6) is -1.50. The van der Waals surface area contributed by atoms with Crippen LogP contribution in [0.25, 0.3) is 0 Å². The van der Waals surface area contributed by atoms with Gasteiger partial charge in [0.15, 0.2) is 0 Å². The van der Waals surface area contributed by atoms with Crippen LogP contribution < -0.4 is 10.1 Å². The molecule has 2 N–H and O–H groups in total. The number of sulfonamides is 1. The highest BCUT2D eigenvalue weighted by Gasteiger charge is 2.34. The predicted molar refractivity (Wildman–Crippen MR) is 126 cm³/mol. The molecule has 2 amide bonds. The predicted octanol–water partition coefficient (Wildman–Crippen LogP) is 3.02. The summed E-state index contributed by atoms with van der Waals surface area (Å²) in [5.41, 5.74) is 1.79. The number of carbonyl (C=O) groups excluding carboxylic acids is 2. The maximum atomic E-state index is 13.3. The van der Waals surface area contributed by atoms with Gasteiger partial charge in [0.2, 0.25) is 11.8 Å². The van der Waals surface area contributed by atoms with Crippen molar-refractivity contribution in [3.63, 3.8) is 0 Å². The van der Waals surface area contributed by atoms with Crippen LogP contribution in [0.1, 0.15) is 37.8 Å². The number of phenolic OH excluding ortho intramolecular Hbond substituents is 1. The zero-order chi connectivity index (χ0) is 24.6. The van der Waals surface area contributed by atoms with Crippen LogP contribution >= 0.6 is 0 Å². The van der Waals surface area contributed by atoms with Gasteiger partial charge in [-0.15, -0.1) is 0 Å². The quantitative estimate of drug-likeness (QED) is 0.482. The van der Waals surface area contributed by atoms with Gasteiger partial charge < -0.3 is 15.2 Å². The number of hydrogen-bond donors (Lipinski definition) is 2. The number of phenols is 1. The van der Waals surface area contributed by atoms with E-state index in [-0.39, 0.29) is 17.1 Å². The van der Waals surface area contributed by atoms with Crippen molar-refractivity contribution in [2.24, 2.45) is 5.92 Å². The highest BCUT2D eigenvalue weighted by Crippen LogP contribution is 2.26. The molecule has 0 saturated carbocycles. The van der Waals surface area contributed by atoms with Gasteiger partial charge in [0, 0.05) is 13.0 Å². The Morgan fingerprint density at radius 3 is 2.42 bits per heavy atom. The highest BCUT2D eigenvalue weighted by molar-refractivity contribution is 7.89. The molecule has 2 rings (SSSR count). The van der Waals surface area contributed by atoms with E-state index in [1.165, 1.54) is 31.3 Å². The Morgan fingerprint density at radius 2 is 1.82 bits per heavy atom. The van der Waals surface area contributed by atoms with Crippen molar-refractivity contribution in [2.45, 2.75) is 44.9 Å². The molecular formula is C24H32N2O6S. The van der Waals surface area contributed by atoms with Crippen LogP contribution in [-0.4, -0.2) is 49.8 Å². The molecule has 9 heteroatoms. The van der Waals surface area contributed by atoms with Crippen LogP contribution in [0.4, 0.5) is 0 Å². The van der Waals surface area contributed by atoms with Crippen LogP contribution in [0.15, 0.2) is 47.4 Å². The smallest absolute Gasteiger partial charge is 0.266 e. The molecule has 0 bridgehead atoms. The van der Waals surface area contributed by atoms with Gasteiger partial charge in [0.05, 0.1) is 11.5 Å². The molecule has 180 valence electrons. The standard InChI is InChI=1S/C24H32N2O6S/c1-5-6-13-32-22-12-7-17(2)14-19(22)15-18(3)24(29)26(16-23(28)25-4)33(30,31)21-10-8-20(27)9-11-21/h7-12,14,18,27H,5-6,13,15-16H2,1-4H3,(H,25,28). The number of ether oxygens (including phenoxy) is 1. The van der Waals surface area contributed by atoms with Crippen LogP contribution in [0.3, 0.4) is 0 Å². The van der Waals surface area contributed by atoms with Crippen molar-refractivity contribution >= 4 is 21.8 Å². The molecule has 1 atom stereocenters. The summed E-state index contributed by atoms with van der Waals surface area (Å²) >= 11 is 0. The van der Waals surface area contributed by atoms with Crippen molar-refractivity contribution in [1.29, 1.82) is 0 Å². The molecule has 8 nitrogen and oxygen atoms in total. The number of rotatable bonds is 11. The van der Waals surface area contributed by atoms with E-state index in [0.717, 1.165) is 24.0 Å². The second-order valence-corrected chi connectivity index (χ2v) is 9.80. The second-order valence-electron chi connectivity index (χ2n) is 7.94. The van der Waals surface area contributed by atoms with Crippen molar-refractivity contribution in [2.75, 3.05) is 20.2 Å². The van der Waals surface area contributed by atoms with Gasteiger partial charge in [-0.25, -0.2) is 12.7 Å². The minimum atomic E-state index is -4.31.